The van der Waals surface area contributed by atoms with Crippen molar-refractivity contribution in [1.82, 2.24) is 0 Å². The highest BCUT2D eigenvalue weighted by Gasteiger charge is 2.05. The average molecular weight is 495 g/mol. The summed E-state index contributed by atoms with van der Waals surface area (Å²) in [6.45, 7) is 7.56. The van der Waals surface area contributed by atoms with Crippen LogP contribution in [-0.2, 0) is 9.53 Å². The summed E-state index contributed by atoms with van der Waals surface area (Å²) in [6.07, 6.45) is 35.7. The van der Waals surface area contributed by atoms with Gasteiger partial charge in [0.1, 0.15) is 0 Å². The molecule has 2 heteroatoms. The van der Waals surface area contributed by atoms with Gasteiger partial charge in [0, 0.05) is 6.42 Å². The summed E-state index contributed by atoms with van der Waals surface area (Å²) >= 11 is 0. The first-order valence-corrected chi connectivity index (χ1v) is 16.4. The monoisotopic (exact) mass is 495 g/mol. The lowest BCUT2D eigenvalue weighted by molar-refractivity contribution is -0.143. The predicted molar refractivity (Wildman–Crippen MR) is 156 cm³/mol. The molecule has 2 nitrogen and oxygen atoms in total. The molecule has 0 aliphatic heterocycles. The molecule has 1 atom stereocenters. The third-order valence-electron chi connectivity index (χ3n) is 7.64. The minimum Gasteiger partial charge on any atom is -0.466 e. The van der Waals surface area contributed by atoms with Gasteiger partial charge in [0.25, 0.3) is 0 Å². The third-order valence-corrected chi connectivity index (χ3v) is 7.64. The molecule has 0 aromatic carbocycles. The highest BCUT2D eigenvalue weighted by Crippen LogP contribution is 2.17. The van der Waals surface area contributed by atoms with Crippen molar-refractivity contribution in [1.29, 1.82) is 0 Å². The van der Waals surface area contributed by atoms with Crippen LogP contribution < -0.4 is 0 Å². The largest absolute Gasteiger partial charge is 0.466 e. The Morgan fingerprint density at radius 3 is 1.26 bits per heavy atom. The minimum absolute atomic E-state index is 0.0235. The van der Waals surface area contributed by atoms with E-state index in [0.29, 0.717) is 13.0 Å². The van der Waals surface area contributed by atoms with Gasteiger partial charge in [-0.2, -0.15) is 0 Å². The zero-order valence-electron chi connectivity index (χ0n) is 24.7. The van der Waals surface area contributed by atoms with Gasteiger partial charge in [-0.15, -0.1) is 0 Å². The van der Waals surface area contributed by atoms with E-state index in [0.717, 1.165) is 18.8 Å². The van der Waals surface area contributed by atoms with Crippen LogP contribution in [0, 0.1) is 5.92 Å². The number of hydrogen-bond acceptors (Lipinski definition) is 2. The maximum Gasteiger partial charge on any atom is 0.305 e. The van der Waals surface area contributed by atoms with Crippen LogP contribution in [0.25, 0.3) is 0 Å². The first-order chi connectivity index (χ1) is 17.2. The molecule has 0 bridgehead atoms. The summed E-state index contributed by atoms with van der Waals surface area (Å²) in [6, 6.07) is 0. The van der Waals surface area contributed by atoms with Crippen molar-refractivity contribution < 1.29 is 9.53 Å². The minimum atomic E-state index is 0.0235. The summed E-state index contributed by atoms with van der Waals surface area (Å²) in [7, 11) is 0. The Morgan fingerprint density at radius 2 is 0.829 bits per heavy atom. The predicted octanol–water partition coefficient (Wildman–Crippen LogP) is 11.7. The molecule has 210 valence electrons. The molecule has 35 heavy (non-hydrogen) atoms. The number of hydrogen-bond donors (Lipinski definition) is 0. The van der Waals surface area contributed by atoms with Crippen LogP contribution in [0.1, 0.15) is 194 Å². The molecule has 0 radical (unpaired) electrons. The normalized spacial score (nSPS) is 12.2. The van der Waals surface area contributed by atoms with Crippen LogP contribution in [0.2, 0.25) is 0 Å². The topological polar surface area (TPSA) is 26.3 Å². The van der Waals surface area contributed by atoms with Crippen molar-refractivity contribution in [2.45, 2.75) is 194 Å². The van der Waals surface area contributed by atoms with E-state index in [1.165, 1.54) is 154 Å². The number of esters is 1. The molecule has 0 aromatic rings. The summed E-state index contributed by atoms with van der Waals surface area (Å²) in [5.74, 6) is 0.791. The van der Waals surface area contributed by atoms with Gasteiger partial charge >= 0.3 is 5.97 Å². The first-order valence-electron chi connectivity index (χ1n) is 16.4. The molecule has 0 aliphatic rings. The molecule has 0 saturated carbocycles. The first kappa shape index (κ1) is 34.5. The Labute approximate surface area is 222 Å². The van der Waals surface area contributed by atoms with Crippen molar-refractivity contribution in [2.24, 2.45) is 5.92 Å². The Bertz CT molecular complexity index is 406. The van der Waals surface area contributed by atoms with E-state index in [-0.39, 0.29) is 5.97 Å². The molecule has 1 unspecified atom stereocenters. The molecular weight excluding hydrogens is 428 g/mol. The molecule has 0 aromatic heterocycles. The highest BCUT2D eigenvalue weighted by molar-refractivity contribution is 5.69. The Kier molecular flexibility index (Phi) is 29.2. The Hall–Kier alpha value is -0.530. The van der Waals surface area contributed by atoms with Gasteiger partial charge in [0.2, 0.25) is 0 Å². The standard InChI is InChI=1S/C33H66O2/c1-4-6-8-10-12-14-16-17-18-20-22-24-26-30-33(34)35-31-27-29-32(3)28-25-23-21-19-15-13-11-9-7-5-2/h32H,4-31H2,1-3H3. The van der Waals surface area contributed by atoms with E-state index in [4.69, 9.17) is 4.74 Å². The van der Waals surface area contributed by atoms with Gasteiger partial charge in [0.05, 0.1) is 6.61 Å². The third kappa shape index (κ3) is 29.6. The van der Waals surface area contributed by atoms with Gasteiger partial charge in [-0.25, -0.2) is 0 Å². The van der Waals surface area contributed by atoms with E-state index in [1.807, 2.05) is 0 Å². The molecule has 0 saturated heterocycles. The second-order valence-electron chi connectivity index (χ2n) is 11.4. The zero-order valence-corrected chi connectivity index (χ0v) is 24.7. The van der Waals surface area contributed by atoms with Crippen molar-refractivity contribution in [3.8, 4) is 0 Å². The number of ether oxygens (including phenoxy) is 1. The molecule has 0 heterocycles. The van der Waals surface area contributed by atoms with E-state index < -0.39 is 0 Å². The lowest BCUT2D eigenvalue weighted by Gasteiger charge is -2.11. The van der Waals surface area contributed by atoms with Crippen molar-refractivity contribution in [2.75, 3.05) is 6.61 Å². The number of unbranched alkanes of at least 4 members (excludes halogenated alkanes) is 21. The second kappa shape index (κ2) is 29.7. The molecule has 0 rings (SSSR count). The maximum atomic E-state index is 11.9. The zero-order chi connectivity index (χ0) is 25.7. The van der Waals surface area contributed by atoms with E-state index in [2.05, 4.69) is 20.8 Å². The number of carbonyl (C=O) groups is 1. The smallest absolute Gasteiger partial charge is 0.305 e. The van der Waals surface area contributed by atoms with Crippen molar-refractivity contribution in [3.05, 3.63) is 0 Å². The maximum absolute atomic E-state index is 11.9. The van der Waals surface area contributed by atoms with E-state index >= 15 is 0 Å². The second-order valence-corrected chi connectivity index (χ2v) is 11.4. The van der Waals surface area contributed by atoms with Crippen LogP contribution in [0.15, 0.2) is 0 Å². The Balaban J connectivity index is 3.27. The average Bonchev–Trinajstić information content (AvgIpc) is 2.86. The van der Waals surface area contributed by atoms with Crippen molar-refractivity contribution in [3.63, 3.8) is 0 Å². The summed E-state index contributed by atoms with van der Waals surface area (Å²) in [4.78, 5) is 11.9. The van der Waals surface area contributed by atoms with Crippen molar-refractivity contribution >= 4 is 5.97 Å². The summed E-state index contributed by atoms with van der Waals surface area (Å²) < 4.78 is 5.47. The fourth-order valence-electron chi connectivity index (χ4n) is 5.10. The molecule has 0 N–H and O–H groups in total. The molecular formula is C33H66O2. The number of rotatable bonds is 29. The van der Waals surface area contributed by atoms with Crippen LogP contribution in [0.5, 0.6) is 0 Å². The van der Waals surface area contributed by atoms with Crippen LogP contribution >= 0.6 is 0 Å². The van der Waals surface area contributed by atoms with Crippen LogP contribution in [0.3, 0.4) is 0 Å². The lowest BCUT2D eigenvalue weighted by Crippen LogP contribution is -2.07. The molecule has 0 fully saturated rings. The fraction of sp³-hybridized carbons (Fsp3) is 0.970. The van der Waals surface area contributed by atoms with Gasteiger partial charge in [-0.3, -0.25) is 4.79 Å². The van der Waals surface area contributed by atoms with Gasteiger partial charge < -0.3 is 4.74 Å². The summed E-state index contributed by atoms with van der Waals surface area (Å²) in [5, 5.41) is 0. The molecule has 0 spiro atoms. The summed E-state index contributed by atoms with van der Waals surface area (Å²) in [5.41, 5.74) is 0. The van der Waals surface area contributed by atoms with E-state index in [1.54, 1.807) is 0 Å². The van der Waals surface area contributed by atoms with Gasteiger partial charge in [-0.05, 0) is 25.2 Å². The van der Waals surface area contributed by atoms with Crippen LogP contribution in [0.4, 0.5) is 0 Å². The van der Waals surface area contributed by atoms with Gasteiger partial charge in [0.15, 0.2) is 0 Å². The highest BCUT2D eigenvalue weighted by atomic mass is 16.5. The number of carbonyl (C=O) groups excluding carboxylic acids is 1. The van der Waals surface area contributed by atoms with Crippen LogP contribution in [-0.4, -0.2) is 12.6 Å². The quantitative estimate of drug-likeness (QED) is 0.0763. The molecule has 0 amide bonds. The lowest BCUT2D eigenvalue weighted by atomic mass is 9.97. The van der Waals surface area contributed by atoms with E-state index in [9.17, 15) is 4.79 Å². The van der Waals surface area contributed by atoms with Gasteiger partial charge in [-0.1, -0.05) is 168 Å². The Morgan fingerprint density at radius 1 is 0.486 bits per heavy atom. The SMILES string of the molecule is CCCCCCCCCCCCCCCC(=O)OCCCC(C)CCCCCCCCCCCC. The molecule has 0 aliphatic carbocycles. The fourth-order valence-corrected chi connectivity index (χ4v) is 5.10.